The first-order chi connectivity index (χ1) is 23.0. The summed E-state index contributed by atoms with van der Waals surface area (Å²) in [4.78, 5) is 65.3. The van der Waals surface area contributed by atoms with Crippen LogP contribution in [0, 0.1) is 11.3 Å². The molecule has 0 spiro atoms. The fourth-order valence-corrected chi connectivity index (χ4v) is 6.57. The maximum Gasteiger partial charge on any atom is 0.315 e. The van der Waals surface area contributed by atoms with E-state index in [4.69, 9.17) is 16.3 Å². The summed E-state index contributed by atoms with van der Waals surface area (Å²) in [6.45, 7) is 12.7. The SMILES string of the molecule is CC[C@H](CN(CC(=O)NC(CC1CCC1)C(=O)c1nc2ccccc2s1)C(=O)[C@H](NC(=O)NC(C)(C)C)C(C)(C)C)Oc1ccc(Cl)cn1. The van der Waals surface area contributed by atoms with Gasteiger partial charge in [-0.05, 0) is 63.1 Å². The van der Waals surface area contributed by atoms with Crippen LogP contribution in [0.15, 0.2) is 42.6 Å². The number of rotatable bonds is 14. The fourth-order valence-electron chi connectivity index (χ4n) is 5.50. The lowest BCUT2D eigenvalue weighted by Gasteiger charge is -2.37. The second-order valence-electron chi connectivity index (χ2n) is 14.8. The van der Waals surface area contributed by atoms with E-state index >= 15 is 0 Å². The van der Waals surface area contributed by atoms with Crippen molar-refractivity contribution in [3.63, 3.8) is 0 Å². The number of hydrogen-bond donors (Lipinski definition) is 3. The molecule has 49 heavy (non-hydrogen) atoms. The van der Waals surface area contributed by atoms with Crippen LogP contribution in [0.1, 0.15) is 90.4 Å². The topological polar surface area (TPSA) is 143 Å². The molecule has 13 heteroatoms. The van der Waals surface area contributed by atoms with E-state index in [1.807, 2.05) is 72.7 Å². The Bertz CT molecular complexity index is 1580. The van der Waals surface area contributed by atoms with Crippen molar-refractivity contribution >= 4 is 56.8 Å². The maximum absolute atomic E-state index is 14.4. The quantitative estimate of drug-likeness (QED) is 0.164. The predicted octanol–water partition coefficient (Wildman–Crippen LogP) is 6.40. The Morgan fingerprint density at radius 1 is 1.04 bits per heavy atom. The fraction of sp³-hybridized carbons (Fsp3) is 0.556. The molecule has 4 rings (SSSR count). The third kappa shape index (κ3) is 11.1. The Labute approximate surface area is 297 Å². The highest BCUT2D eigenvalue weighted by Crippen LogP contribution is 2.32. The van der Waals surface area contributed by atoms with E-state index in [2.05, 4.69) is 25.9 Å². The second kappa shape index (κ2) is 16.3. The summed E-state index contributed by atoms with van der Waals surface area (Å²) in [6.07, 6.45) is 5.00. The van der Waals surface area contributed by atoms with E-state index in [0.717, 1.165) is 29.5 Å². The number of nitrogens with one attached hydrogen (secondary N) is 3. The van der Waals surface area contributed by atoms with Crippen LogP contribution in [0.5, 0.6) is 5.88 Å². The number of urea groups is 1. The first-order valence-electron chi connectivity index (χ1n) is 16.9. The van der Waals surface area contributed by atoms with Crippen LogP contribution in [0.2, 0.25) is 5.02 Å². The molecule has 1 aliphatic carbocycles. The summed E-state index contributed by atoms with van der Waals surface area (Å²) >= 11 is 7.32. The summed E-state index contributed by atoms with van der Waals surface area (Å²) in [5.41, 5.74) is -0.511. The summed E-state index contributed by atoms with van der Waals surface area (Å²) in [7, 11) is 0. The molecule has 0 radical (unpaired) electrons. The van der Waals surface area contributed by atoms with Crippen LogP contribution in [0.4, 0.5) is 4.79 Å². The van der Waals surface area contributed by atoms with Crippen LogP contribution < -0.4 is 20.7 Å². The third-order valence-electron chi connectivity index (χ3n) is 8.34. The molecule has 0 bridgehead atoms. The largest absolute Gasteiger partial charge is 0.472 e. The molecular weight excluding hydrogens is 664 g/mol. The average Bonchev–Trinajstić information content (AvgIpc) is 3.43. The van der Waals surface area contributed by atoms with Crippen molar-refractivity contribution in [2.45, 2.75) is 104 Å². The van der Waals surface area contributed by atoms with Gasteiger partial charge >= 0.3 is 6.03 Å². The van der Waals surface area contributed by atoms with Crippen LogP contribution in [-0.4, -0.2) is 75.3 Å². The normalized spacial score (nSPS) is 15.4. The number of para-hydroxylation sites is 1. The molecule has 1 fully saturated rings. The van der Waals surface area contributed by atoms with Gasteiger partial charge in [-0.1, -0.05) is 70.7 Å². The first-order valence-corrected chi connectivity index (χ1v) is 18.1. The van der Waals surface area contributed by atoms with Crippen LogP contribution in [-0.2, 0) is 9.59 Å². The molecule has 4 amide bonds. The smallest absolute Gasteiger partial charge is 0.315 e. The Kier molecular flexibility index (Phi) is 12.6. The van der Waals surface area contributed by atoms with Gasteiger partial charge in [-0.25, -0.2) is 14.8 Å². The van der Waals surface area contributed by atoms with E-state index < -0.39 is 47.0 Å². The van der Waals surface area contributed by atoms with Crippen LogP contribution in [0.25, 0.3) is 10.2 Å². The minimum absolute atomic E-state index is 0.0291. The number of hydrogen-bond acceptors (Lipinski definition) is 8. The lowest BCUT2D eigenvalue weighted by Crippen LogP contribution is -2.60. The van der Waals surface area contributed by atoms with Gasteiger partial charge in [0.15, 0.2) is 5.01 Å². The van der Waals surface area contributed by atoms with Gasteiger partial charge in [-0.3, -0.25) is 14.4 Å². The number of fused-ring (bicyclic) bond motifs is 1. The van der Waals surface area contributed by atoms with E-state index in [-0.39, 0.29) is 18.9 Å². The molecule has 2 aromatic heterocycles. The number of halogens is 1. The van der Waals surface area contributed by atoms with E-state index in [1.165, 1.54) is 22.4 Å². The Morgan fingerprint density at radius 2 is 1.76 bits per heavy atom. The molecule has 3 atom stereocenters. The number of carbonyl (C=O) groups excluding carboxylic acids is 4. The third-order valence-corrected chi connectivity index (χ3v) is 9.61. The molecule has 1 aromatic carbocycles. The zero-order chi connectivity index (χ0) is 35.9. The molecule has 11 nitrogen and oxygen atoms in total. The van der Waals surface area contributed by atoms with Crippen molar-refractivity contribution in [1.29, 1.82) is 0 Å². The summed E-state index contributed by atoms with van der Waals surface area (Å²) in [5, 5.41) is 9.46. The molecule has 3 aromatic rings. The highest BCUT2D eigenvalue weighted by Gasteiger charge is 2.38. The van der Waals surface area contributed by atoms with Crippen molar-refractivity contribution in [3.05, 3.63) is 52.6 Å². The molecule has 3 N–H and O–H groups in total. The standard InChI is InChI=1S/C36H49ClN6O5S/c1-8-24(48-29-17-16-23(37)19-38-29)20-43(33(46)31(35(2,3)4)41-34(47)42-36(5,6)7)21-28(44)39-26(18-22-12-11-13-22)30(45)32-40-25-14-9-10-15-27(25)49-32/h9-10,14-17,19,22,24,26,31H,8,11-13,18,20-21H2,1-7H3,(H,39,44)(H2,41,42,47)/t24-,26?,31+/m1/s1. The number of ketones is 1. The number of amides is 4. The van der Waals surface area contributed by atoms with Gasteiger partial charge in [0.2, 0.25) is 23.5 Å². The Balaban J connectivity index is 1.59. The van der Waals surface area contributed by atoms with Crippen LogP contribution >= 0.6 is 22.9 Å². The number of Topliss-reactive ketones (excluding diaryl/α,β-unsaturated/α-hetero) is 1. The molecule has 266 valence electrons. The van der Waals surface area contributed by atoms with Gasteiger partial charge in [0, 0.05) is 17.8 Å². The number of aromatic nitrogens is 2. The monoisotopic (exact) mass is 712 g/mol. The summed E-state index contributed by atoms with van der Waals surface area (Å²) in [6, 6.07) is 8.57. The zero-order valence-corrected chi connectivity index (χ0v) is 31.0. The number of ether oxygens (including phenoxy) is 1. The van der Waals surface area contributed by atoms with E-state index in [0.29, 0.717) is 34.7 Å². The van der Waals surface area contributed by atoms with E-state index in [1.54, 1.807) is 12.1 Å². The number of pyridine rings is 1. The maximum atomic E-state index is 14.4. The molecule has 1 unspecified atom stereocenters. The average molecular weight is 713 g/mol. The second-order valence-corrected chi connectivity index (χ2v) is 16.3. The minimum Gasteiger partial charge on any atom is -0.472 e. The van der Waals surface area contributed by atoms with Crippen molar-refractivity contribution < 1.29 is 23.9 Å². The summed E-state index contributed by atoms with van der Waals surface area (Å²) < 4.78 is 7.01. The lowest BCUT2D eigenvalue weighted by atomic mass is 9.80. The molecule has 0 aliphatic heterocycles. The first kappa shape index (κ1) is 38.0. The number of benzene rings is 1. The van der Waals surface area contributed by atoms with Gasteiger partial charge in [0.1, 0.15) is 12.1 Å². The van der Waals surface area contributed by atoms with E-state index in [9.17, 15) is 19.2 Å². The molecule has 1 aliphatic rings. The van der Waals surface area contributed by atoms with Crippen molar-refractivity contribution in [2.75, 3.05) is 13.1 Å². The van der Waals surface area contributed by atoms with Crippen molar-refractivity contribution in [3.8, 4) is 5.88 Å². The molecule has 0 saturated heterocycles. The van der Waals surface area contributed by atoms with Crippen LogP contribution in [0.3, 0.4) is 0 Å². The predicted molar refractivity (Wildman–Crippen MR) is 193 cm³/mol. The van der Waals surface area contributed by atoms with Gasteiger partial charge in [0.05, 0.1) is 34.4 Å². The minimum atomic E-state index is -0.982. The number of carbonyl (C=O) groups is 4. The number of nitrogens with zero attached hydrogens (tertiary/aromatic N) is 3. The Morgan fingerprint density at radius 3 is 2.33 bits per heavy atom. The van der Waals surface area contributed by atoms with Gasteiger partial charge in [-0.2, -0.15) is 0 Å². The van der Waals surface area contributed by atoms with Crippen molar-refractivity contribution in [2.24, 2.45) is 11.3 Å². The molecule has 1 saturated carbocycles. The van der Waals surface area contributed by atoms with Crippen molar-refractivity contribution in [1.82, 2.24) is 30.8 Å². The van der Waals surface area contributed by atoms with Gasteiger partial charge in [0.25, 0.3) is 0 Å². The highest BCUT2D eigenvalue weighted by molar-refractivity contribution is 7.20. The Hall–Kier alpha value is -3.77. The summed E-state index contributed by atoms with van der Waals surface area (Å²) in [5.74, 6) is -0.535. The lowest BCUT2D eigenvalue weighted by molar-refractivity contribution is -0.141. The number of thiazole rings is 1. The van der Waals surface area contributed by atoms with Gasteiger partial charge in [-0.15, -0.1) is 11.3 Å². The molecular formula is C36H49ClN6O5S. The highest BCUT2D eigenvalue weighted by atomic mass is 35.5. The van der Waals surface area contributed by atoms with Gasteiger partial charge < -0.3 is 25.6 Å². The molecule has 2 heterocycles. The zero-order valence-electron chi connectivity index (χ0n) is 29.5.